The zero-order valence-corrected chi connectivity index (χ0v) is 20.5. The van der Waals surface area contributed by atoms with Crippen LogP contribution in [0.25, 0.3) is 6.08 Å². The van der Waals surface area contributed by atoms with Gasteiger partial charge in [0.25, 0.3) is 0 Å². The van der Waals surface area contributed by atoms with E-state index in [2.05, 4.69) is 57.8 Å². The highest BCUT2D eigenvalue weighted by molar-refractivity contribution is 6.70. The van der Waals surface area contributed by atoms with Gasteiger partial charge in [0.15, 0.2) is 17.2 Å². The van der Waals surface area contributed by atoms with Crippen LogP contribution in [0.5, 0.6) is 23.0 Å². The SMILES string of the molecule is C/C=C/c1cc(CC)c2c(c1)C(C)C(c1cc(OC)c(O[Si](C)(C)C)c(OC)c1)O2. The number of hydrogen-bond donors (Lipinski definition) is 0. The summed E-state index contributed by atoms with van der Waals surface area (Å²) in [5.74, 6) is 3.28. The summed E-state index contributed by atoms with van der Waals surface area (Å²) in [4.78, 5) is 0. The van der Waals surface area contributed by atoms with Gasteiger partial charge in [0.2, 0.25) is 8.32 Å². The van der Waals surface area contributed by atoms with E-state index >= 15 is 0 Å². The van der Waals surface area contributed by atoms with Crippen molar-refractivity contribution in [2.24, 2.45) is 0 Å². The Morgan fingerprint density at radius 1 is 1.03 bits per heavy atom. The molecule has 0 radical (unpaired) electrons. The van der Waals surface area contributed by atoms with Gasteiger partial charge in [0, 0.05) is 17.0 Å². The first-order chi connectivity index (χ1) is 14.2. The lowest BCUT2D eigenvalue weighted by molar-refractivity contribution is 0.213. The smallest absolute Gasteiger partial charge is 0.242 e. The summed E-state index contributed by atoms with van der Waals surface area (Å²) < 4.78 is 24.2. The Labute approximate surface area is 181 Å². The highest BCUT2D eigenvalue weighted by Crippen LogP contribution is 2.51. The van der Waals surface area contributed by atoms with E-state index in [0.29, 0.717) is 17.2 Å². The van der Waals surface area contributed by atoms with Crippen LogP contribution < -0.4 is 18.6 Å². The van der Waals surface area contributed by atoms with Crippen molar-refractivity contribution in [1.82, 2.24) is 0 Å². The molecule has 0 N–H and O–H groups in total. The fraction of sp³-hybridized carbons (Fsp3) is 0.440. The molecule has 2 unspecified atom stereocenters. The van der Waals surface area contributed by atoms with Crippen LogP contribution in [-0.4, -0.2) is 22.5 Å². The monoisotopic (exact) mass is 426 g/mol. The number of aryl methyl sites for hydroxylation is 1. The minimum Gasteiger partial charge on any atom is -0.539 e. The van der Waals surface area contributed by atoms with Gasteiger partial charge in [0.1, 0.15) is 11.9 Å². The summed E-state index contributed by atoms with van der Waals surface area (Å²) in [6, 6.07) is 8.53. The maximum Gasteiger partial charge on any atom is 0.242 e. The first-order valence-corrected chi connectivity index (χ1v) is 14.0. The number of hydrogen-bond acceptors (Lipinski definition) is 4. The van der Waals surface area contributed by atoms with Crippen molar-refractivity contribution in [2.45, 2.75) is 58.9 Å². The molecule has 0 bridgehead atoms. The molecule has 0 amide bonds. The van der Waals surface area contributed by atoms with Crippen LogP contribution in [0, 0.1) is 0 Å². The molecular formula is C25H34O4Si. The minimum atomic E-state index is -1.83. The number of fused-ring (bicyclic) bond motifs is 1. The predicted octanol–water partition coefficient (Wildman–Crippen LogP) is 6.75. The second-order valence-corrected chi connectivity index (χ2v) is 13.2. The molecule has 1 aliphatic rings. The topological polar surface area (TPSA) is 36.9 Å². The molecule has 30 heavy (non-hydrogen) atoms. The van der Waals surface area contributed by atoms with E-state index in [0.717, 1.165) is 17.7 Å². The summed E-state index contributed by atoms with van der Waals surface area (Å²) in [6.07, 6.45) is 5.05. The van der Waals surface area contributed by atoms with Crippen molar-refractivity contribution in [2.75, 3.05) is 14.2 Å². The Balaban J connectivity index is 2.06. The molecule has 0 saturated carbocycles. The van der Waals surface area contributed by atoms with Crippen molar-refractivity contribution in [1.29, 1.82) is 0 Å². The van der Waals surface area contributed by atoms with Crippen LogP contribution in [0.3, 0.4) is 0 Å². The fourth-order valence-electron chi connectivity index (χ4n) is 3.99. The van der Waals surface area contributed by atoms with Crippen LogP contribution in [0.2, 0.25) is 19.6 Å². The second kappa shape index (κ2) is 8.76. The molecule has 2 atom stereocenters. The molecule has 162 valence electrons. The van der Waals surface area contributed by atoms with Gasteiger partial charge in [0.05, 0.1) is 14.2 Å². The molecule has 0 saturated heterocycles. The van der Waals surface area contributed by atoms with Gasteiger partial charge >= 0.3 is 0 Å². The van der Waals surface area contributed by atoms with Crippen molar-refractivity contribution < 1.29 is 18.6 Å². The number of ether oxygens (including phenoxy) is 3. The molecule has 0 aromatic heterocycles. The first kappa shape index (κ1) is 22.3. The van der Waals surface area contributed by atoms with Crippen molar-refractivity contribution >= 4 is 14.4 Å². The van der Waals surface area contributed by atoms with Crippen LogP contribution in [0.15, 0.2) is 30.3 Å². The minimum absolute atomic E-state index is 0.102. The lowest BCUT2D eigenvalue weighted by Crippen LogP contribution is -2.29. The molecule has 2 aromatic rings. The Morgan fingerprint density at radius 3 is 2.17 bits per heavy atom. The lowest BCUT2D eigenvalue weighted by Gasteiger charge is -2.25. The summed E-state index contributed by atoms with van der Waals surface area (Å²) in [5.41, 5.74) is 4.75. The predicted molar refractivity (Wildman–Crippen MR) is 126 cm³/mol. The van der Waals surface area contributed by atoms with E-state index in [1.807, 2.05) is 19.1 Å². The quantitative estimate of drug-likeness (QED) is 0.459. The molecular weight excluding hydrogens is 392 g/mol. The third-order valence-electron chi connectivity index (χ3n) is 5.37. The standard InChI is InChI=1S/C25H34O4Si/c1-9-11-17-12-18(10-2)24-20(13-17)16(3)23(28-24)19-14-21(26-4)25(22(15-19)27-5)29-30(6,7)8/h9,11-16,23H,10H2,1-8H3/b11-9+. The van der Waals surface area contributed by atoms with Crippen molar-refractivity contribution in [3.05, 3.63) is 52.6 Å². The molecule has 0 aliphatic carbocycles. The van der Waals surface area contributed by atoms with E-state index in [4.69, 9.17) is 18.6 Å². The van der Waals surface area contributed by atoms with Crippen LogP contribution in [0.4, 0.5) is 0 Å². The van der Waals surface area contributed by atoms with Gasteiger partial charge < -0.3 is 18.6 Å². The fourth-order valence-corrected chi connectivity index (χ4v) is 4.81. The van der Waals surface area contributed by atoms with E-state index in [-0.39, 0.29) is 12.0 Å². The summed E-state index contributed by atoms with van der Waals surface area (Å²) in [5, 5.41) is 0. The van der Waals surface area contributed by atoms with Gasteiger partial charge in [-0.1, -0.05) is 26.0 Å². The zero-order chi connectivity index (χ0) is 22.1. The Kier molecular flexibility index (Phi) is 6.51. The number of methoxy groups -OCH3 is 2. The Morgan fingerprint density at radius 2 is 1.67 bits per heavy atom. The maximum atomic E-state index is 6.53. The van der Waals surface area contributed by atoms with Gasteiger partial charge in [-0.2, -0.15) is 0 Å². The van der Waals surface area contributed by atoms with Crippen molar-refractivity contribution in [3.8, 4) is 23.0 Å². The average molecular weight is 427 g/mol. The molecule has 4 nitrogen and oxygen atoms in total. The zero-order valence-electron chi connectivity index (χ0n) is 19.5. The normalized spacial score (nSPS) is 18.3. The highest BCUT2D eigenvalue weighted by atomic mass is 28.4. The number of benzene rings is 2. The van der Waals surface area contributed by atoms with Gasteiger partial charge in [-0.3, -0.25) is 0 Å². The molecule has 3 rings (SSSR count). The Bertz CT molecular complexity index is 918. The second-order valence-electron chi connectivity index (χ2n) is 8.75. The Hall–Kier alpha value is -2.40. The summed E-state index contributed by atoms with van der Waals surface area (Å²) in [7, 11) is 1.51. The maximum absolute atomic E-state index is 6.53. The number of allylic oxidation sites excluding steroid dienone is 1. The average Bonchev–Trinajstić information content (AvgIpc) is 3.03. The third kappa shape index (κ3) is 4.36. The van der Waals surface area contributed by atoms with Crippen LogP contribution in [-0.2, 0) is 6.42 Å². The summed E-state index contributed by atoms with van der Waals surface area (Å²) >= 11 is 0. The summed E-state index contributed by atoms with van der Waals surface area (Å²) in [6.45, 7) is 12.9. The van der Waals surface area contributed by atoms with Gasteiger partial charge in [-0.25, -0.2) is 0 Å². The highest BCUT2D eigenvalue weighted by Gasteiger charge is 2.35. The molecule has 0 spiro atoms. The van der Waals surface area contributed by atoms with Crippen molar-refractivity contribution in [3.63, 3.8) is 0 Å². The van der Waals surface area contributed by atoms with E-state index in [9.17, 15) is 0 Å². The molecule has 1 aliphatic heterocycles. The first-order valence-electron chi connectivity index (χ1n) is 10.6. The van der Waals surface area contributed by atoms with Crippen LogP contribution >= 0.6 is 0 Å². The molecule has 0 fully saturated rings. The molecule has 2 aromatic carbocycles. The molecule has 5 heteroatoms. The van der Waals surface area contributed by atoms with E-state index in [1.165, 1.54) is 16.7 Å². The van der Waals surface area contributed by atoms with E-state index < -0.39 is 8.32 Å². The van der Waals surface area contributed by atoms with Crippen LogP contribution in [0.1, 0.15) is 55.0 Å². The largest absolute Gasteiger partial charge is 0.539 e. The third-order valence-corrected chi connectivity index (χ3v) is 6.18. The van der Waals surface area contributed by atoms with Gasteiger partial charge in [-0.05, 0) is 68.4 Å². The van der Waals surface area contributed by atoms with Gasteiger partial charge in [-0.15, -0.1) is 0 Å². The lowest BCUT2D eigenvalue weighted by atomic mass is 9.90. The molecule has 1 heterocycles. The van der Waals surface area contributed by atoms with E-state index in [1.54, 1.807) is 14.2 Å². The number of rotatable bonds is 7.